The SMILES string of the molecule is CCC(C(=O)NC(C)C)n1c(=O)n(-c2ccc(F)c(Cl)c2)c(=O)c2ccccc21. The molecule has 1 atom stereocenters. The number of carbonyl (C=O) groups is 1. The Morgan fingerprint density at radius 1 is 1.17 bits per heavy atom. The summed E-state index contributed by atoms with van der Waals surface area (Å²) in [7, 11) is 0. The minimum absolute atomic E-state index is 0.111. The molecule has 3 aromatic rings. The van der Waals surface area contributed by atoms with E-state index in [1.165, 1.54) is 16.7 Å². The van der Waals surface area contributed by atoms with Crippen LogP contribution in [0.25, 0.3) is 16.6 Å². The van der Waals surface area contributed by atoms with Gasteiger partial charge in [-0.1, -0.05) is 30.7 Å². The summed E-state index contributed by atoms with van der Waals surface area (Å²) in [4.78, 5) is 39.3. The first-order chi connectivity index (χ1) is 13.8. The lowest BCUT2D eigenvalue weighted by atomic mass is 10.1. The Morgan fingerprint density at radius 3 is 2.48 bits per heavy atom. The molecule has 152 valence electrons. The van der Waals surface area contributed by atoms with Gasteiger partial charge in [-0.25, -0.2) is 13.8 Å². The molecule has 1 aromatic heterocycles. The second kappa shape index (κ2) is 8.21. The van der Waals surface area contributed by atoms with Crippen molar-refractivity contribution in [1.29, 1.82) is 0 Å². The van der Waals surface area contributed by atoms with Crippen LogP contribution >= 0.6 is 11.6 Å². The summed E-state index contributed by atoms with van der Waals surface area (Å²) in [6.07, 6.45) is 0.338. The first-order valence-corrected chi connectivity index (χ1v) is 9.66. The maximum Gasteiger partial charge on any atom is 0.336 e. The van der Waals surface area contributed by atoms with Crippen LogP contribution in [0.3, 0.4) is 0 Å². The molecule has 0 bridgehead atoms. The van der Waals surface area contributed by atoms with Gasteiger partial charge in [0.15, 0.2) is 0 Å². The molecule has 29 heavy (non-hydrogen) atoms. The minimum atomic E-state index is -0.822. The summed E-state index contributed by atoms with van der Waals surface area (Å²) in [6, 6.07) is 9.27. The lowest BCUT2D eigenvalue weighted by molar-refractivity contribution is -0.124. The second-order valence-electron chi connectivity index (χ2n) is 7.00. The van der Waals surface area contributed by atoms with Crippen LogP contribution in [0.4, 0.5) is 4.39 Å². The summed E-state index contributed by atoms with van der Waals surface area (Å²) >= 11 is 5.86. The van der Waals surface area contributed by atoms with E-state index in [2.05, 4.69) is 5.32 Å². The van der Waals surface area contributed by atoms with Crippen LogP contribution < -0.4 is 16.6 Å². The number of nitrogens with one attached hydrogen (secondary N) is 1. The molecule has 3 rings (SSSR count). The zero-order valence-electron chi connectivity index (χ0n) is 16.3. The molecule has 0 aliphatic carbocycles. The summed E-state index contributed by atoms with van der Waals surface area (Å²) in [5.74, 6) is -0.982. The lowest BCUT2D eigenvalue weighted by Gasteiger charge is -2.22. The van der Waals surface area contributed by atoms with Gasteiger partial charge in [-0.05, 0) is 50.6 Å². The number of carbonyl (C=O) groups excluding carboxylic acids is 1. The smallest absolute Gasteiger partial charge is 0.336 e. The van der Waals surface area contributed by atoms with Crippen molar-refractivity contribution in [2.24, 2.45) is 0 Å². The highest BCUT2D eigenvalue weighted by Crippen LogP contribution is 2.20. The van der Waals surface area contributed by atoms with Crippen LogP contribution in [0.2, 0.25) is 5.02 Å². The van der Waals surface area contributed by atoms with Crippen molar-refractivity contribution in [3.8, 4) is 5.69 Å². The Kier molecular flexibility index (Phi) is 5.88. The molecule has 1 heterocycles. The van der Waals surface area contributed by atoms with Crippen LogP contribution in [-0.2, 0) is 4.79 Å². The highest BCUT2D eigenvalue weighted by Gasteiger charge is 2.25. The van der Waals surface area contributed by atoms with E-state index in [9.17, 15) is 18.8 Å². The van der Waals surface area contributed by atoms with E-state index in [0.717, 1.165) is 10.6 Å². The number of amides is 1. The molecule has 6 nitrogen and oxygen atoms in total. The average Bonchev–Trinajstić information content (AvgIpc) is 2.67. The molecule has 0 saturated heterocycles. The molecular formula is C21H21ClFN3O3. The predicted molar refractivity (Wildman–Crippen MR) is 111 cm³/mol. The van der Waals surface area contributed by atoms with E-state index in [1.807, 2.05) is 13.8 Å². The molecule has 1 amide bonds. The monoisotopic (exact) mass is 417 g/mol. The van der Waals surface area contributed by atoms with Crippen molar-refractivity contribution < 1.29 is 9.18 Å². The van der Waals surface area contributed by atoms with Gasteiger partial charge >= 0.3 is 5.69 Å². The van der Waals surface area contributed by atoms with Gasteiger partial charge in [0.1, 0.15) is 11.9 Å². The van der Waals surface area contributed by atoms with E-state index in [0.29, 0.717) is 11.9 Å². The molecular weight excluding hydrogens is 397 g/mol. The Labute approximate surface area is 171 Å². The number of hydrogen-bond donors (Lipinski definition) is 1. The highest BCUT2D eigenvalue weighted by atomic mass is 35.5. The third-order valence-corrected chi connectivity index (χ3v) is 4.88. The number of para-hydroxylation sites is 1. The molecule has 1 N–H and O–H groups in total. The van der Waals surface area contributed by atoms with Crippen molar-refractivity contribution in [3.05, 3.63) is 74.1 Å². The van der Waals surface area contributed by atoms with Gasteiger partial charge in [0.25, 0.3) is 5.56 Å². The number of benzene rings is 2. The Bertz CT molecular complexity index is 1200. The average molecular weight is 418 g/mol. The van der Waals surface area contributed by atoms with Crippen LogP contribution in [0.15, 0.2) is 52.1 Å². The molecule has 0 radical (unpaired) electrons. The van der Waals surface area contributed by atoms with E-state index in [-0.39, 0.29) is 28.0 Å². The molecule has 0 fully saturated rings. The quantitative estimate of drug-likeness (QED) is 0.691. The number of rotatable bonds is 5. The Balaban J connectivity index is 2.38. The fourth-order valence-corrected chi connectivity index (χ4v) is 3.48. The van der Waals surface area contributed by atoms with Crippen molar-refractivity contribution in [2.75, 3.05) is 0 Å². The van der Waals surface area contributed by atoms with Crippen LogP contribution in [0.5, 0.6) is 0 Å². The van der Waals surface area contributed by atoms with Gasteiger partial charge in [-0.2, -0.15) is 0 Å². The van der Waals surface area contributed by atoms with Gasteiger partial charge in [0.05, 0.1) is 21.6 Å². The summed E-state index contributed by atoms with van der Waals surface area (Å²) in [6.45, 7) is 5.44. The first-order valence-electron chi connectivity index (χ1n) is 9.28. The van der Waals surface area contributed by atoms with Gasteiger partial charge in [0, 0.05) is 6.04 Å². The number of nitrogens with zero attached hydrogens (tertiary/aromatic N) is 2. The fourth-order valence-electron chi connectivity index (χ4n) is 3.30. The number of aromatic nitrogens is 2. The fraction of sp³-hybridized carbons (Fsp3) is 0.286. The highest BCUT2D eigenvalue weighted by molar-refractivity contribution is 6.30. The molecule has 0 saturated carbocycles. The third-order valence-electron chi connectivity index (χ3n) is 4.59. The van der Waals surface area contributed by atoms with Gasteiger partial charge in [0.2, 0.25) is 5.91 Å². The van der Waals surface area contributed by atoms with Crippen molar-refractivity contribution in [1.82, 2.24) is 14.5 Å². The second-order valence-corrected chi connectivity index (χ2v) is 7.40. The third kappa shape index (κ3) is 3.82. The molecule has 0 aliphatic heterocycles. The van der Waals surface area contributed by atoms with Crippen LogP contribution in [0, 0.1) is 5.82 Å². The summed E-state index contributed by atoms with van der Waals surface area (Å²) in [5, 5.41) is 2.87. The van der Waals surface area contributed by atoms with Crippen molar-refractivity contribution in [3.63, 3.8) is 0 Å². The largest absolute Gasteiger partial charge is 0.352 e. The molecule has 0 spiro atoms. The van der Waals surface area contributed by atoms with Gasteiger partial charge in [-0.15, -0.1) is 0 Å². The maximum atomic E-state index is 13.6. The van der Waals surface area contributed by atoms with Gasteiger partial charge < -0.3 is 5.32 Å². The van der Waals surface area contributed by atoms with Gasteiger partial charge in [-0.3, -0.25) is 14.2 Å². The van der Waals surface area contributed by atoms with E-state index < -0.39 is 23.1 Å². The Hall–Kier alpha value is -2.93. The van der Waals surface area contributed by atoms with Crippen molar-refractivity contribution >= 4 is 28.4 Å². The van der Waals surface area contributed by atoms with E-state index in [4.69, 9.17) is 11.6 Å². The zero-order chi connectivity index (χ0) is 21.3. The molecule has 0 aliphatic rings. The summed E-state index contributed by atoms with van der Waals surface area (Å²) < 4.78 is 15.8. The first kappa shape index (κ1) is 20.8. The van der Waals surface area contributed by atoms with Crippen LogP contribution in [0.1, 0.15) is 33.2 Å². The lowest BCUT2D eigenvalue weighted by Crippen LogP contribution is -2.45. The number of hydrogen-bond acceptors (Lipinski definition) is 3. The molecule has 8 heteroatoms. The standard InChI is InChI=1S/C21H21ClFN3O3/c1-4-17(19(27)24-12(2)3)26-18-8-6-5-7-14(18)20(28)25(21(26)29)13-9-10-16(23)15(22)11-13/h5-12,17H,4H2,1-3H3,(H,24,27). The number of halogens is 2. The topological polar surface area (TPSA) is 73.1 Å². The predicted octanol–water partition coefficient (Wildman–Crippen LogP) is 3.42. The molecule has 1 unspecified atom stereocenters. The van der Waals surface area contributed by atoms with E-state index in [1.54, 1.807) is 31.2 Å². The van der Waals surface area contributed by atoms with Crippen LogP contribution in [-0.4, -0.2) is 21.1 Å². The maximum absolute atomic E-state index is 13.6. The van der Waals surface area contributed by atoms with Crippen molar-refractivity contribution in [2.45, 2.75) is 39.3 Å². The molecule has 2 aromatic carbocycles. The summed E-state index contributed by atoms with van der Waals surface area (Å²) in [5.41, 5.74) is -0.770. The Morgan fingerprint density at radius 2 is 1.86 bits per heavy atom. The number of fused-ring (bicyclic) bond motifs is 1. The zero-order valence-corrected chi connectivity index (χ0v) is 17.0. The normalized spacial score (nSPS) is 12.3. The van der Waals surface area contributed by atoms with E-state index >= 15 is 0 Å². The minimum Gasteiger partial charge on any atom is -0.352 e.